The standard InChI is InChI=1S/C22H46O4S/c1-3-4-5-6-13-16-19-22(27(24,25)26)20-17-14-11-9-7-8-10-12-15-18-21(2)23/h21-23H,3-20H2,1-2H3,(H,24,25,26). The summed E-state index contributed by atoms with van der Waals surface area (Å²) < 4.78 is 32.6. The highest BCUT2D eigenvalue weighted by Gasteiger charge is 2.21. The van der Waals surface area contributed by atoms with Crippen molar-refractivity contribution >= 4 is 10.1 Å². The molecule has 0 fully saturated rings. The zero-order chi connectivity index (χ0) is 20.4. The molecule has 4 nitrogen and oxygen atoms in total. The highest BCUT2D eigenvalue weighted by molar-refractivity contribution is 7.86. The number of hydrogen-bond donors (Lipinski definition) is 2. The lowest BCUT2D eigenvalue weighted by molar-refractivity contribution is 0.180. The van der Waals surface area contributed by atoms with Crippen LogP contribution in [-0.4, -0.2) is 29.4 Å². The third-order valence-electron chi connectivity index (χ3n) is 5.45. The quantitative estimate of drug-likeness (QED) is 0.175. The summed E-state index contributed by atoms with van der Waals surface area (Å²) in [6, 6.07) is 0. The zero-order valence-corrected chi connectivity index (χ0v) is 18.8. The van der Waals surface area contributed by atoms with Crippen molar-refractivity contribution in [2.75, 3.05) is 0 Å². The van der Waals surface area contributed by atoms with Crippen LogP contribution in [0.1, 0.15) is 129 Å². The predicted molar refractivity (Wildman–Crippen MR) is 116 cm³/mol. The molecule has 0 amide bonds. The summed E-state index contributed by atoms with van der Waals surface area (Å²) in [5.74, 6) is 0. The monoisotopic (exact) mass is 406 g/mol. The van der Waals surface area contributed by atoms with Crippen molar-refractivity contribution in [1.82, 2.24) is 0 Å². The van der Waals surface area contributed by atoms with Gasteiger partial charge in [0, 0.05) is 0 Å². The van der Waals surface area contributed by atoms with E-state index >= 15 is 0 Å². The maximum Gasteiger partial charge on any atom is 0.267 e. The Hall–Kier alpha value is -0.130. The van der Waals surface area contributed by atoms with Crippen molar-refractivity contribution < 1.29 is 18.1 Å². The van der Waals surface area contributed by atoms with Crippen LogP contribution in [0.4, 0.5) is 0 Å². The number of rotatable bonds is 20. The molecule has 0 radical (unpaired) electrons. The molecule has 0 aromatic carbocycles. The van der Waals surface area contributed by atoms with E-state index in [9.17, 15) is 18.1 Å². The Balaban J connectivity index is 3.62. The van der Waals surface area contributed by atoms with Crippen LogP contribution in [0, 0.1) is 0 Å². The third-order valence-corrected chi connectivity index (χ3v) is 6.76. The second kappa shape index (κ2) is 17.9. The van der Waals surface area contributed by atoms with Crippen molar-refractivity contribution in [3.63, 3.8) is 0 Å². The van der Waals surface area contributed by atoms with Gasteiger partial charge in [-0.05, 0) is 26.2 Å². The number of hydrogen-bond acceptors (Lipinski definition) is 3. The summed E-state index contributed by atoms with van der Waals surface area (Å²) in [5.41, 5.74) is 0. The van der Waals surface area contributed by atoms with Crippen LogP contribution in [-0.2, 0) is 10.1 Å². The molecule has 2 N–H and O–H groups in total. The van der Waals surface area contributed by atoms with Crippen molar-refractivity contribution in [3.8, 4) is 0 Å². The highest BCUT2D eigenvalue weighted by Crippen LogP contribution is 2.19. The first kappa shape index (κ1) is 26.9. The SMILES string of the molecule is CCCCCCCCC(CCCCCCCCCCCC(C)O)S(=O)(=O)O. The maximum atomic E-state index is 11.6. The van der Waals surface area contributed by atoms with Gasteiger partial charge in [-0.15, -0.1) is 0 Å². The lowest BCUT2D eigenvalue weighted by atomic mass is 10.0. The van der Waals surface area contributed by atoms with Gasteiger partial charge in [-0.25, -0.2) is 0 Å². The Kier molecular flexibility index (Phi) is 17.8. The maximum absolute atomic E-state index is 11.6. The van der Waals surface area contributed by atoms with Crippen molar-refractivity contribution in [1.29, 1.82) is 0 Å². The molecule has 0 aliphatic carbocycles. The Morgan fingerprint density at radius 2 is 0.963 bits per heavy atom. The lowest BCUT2D eigenvalue weighted by Crippen LogP contribution is -2.20. The van der Waals surface area contributed by atoms with Crippen molar-refractivity contribution in [2.24, 2.45) is 0 Å². The van der Waals surface area contributed by atoms with Crippen LogP contribution in [0.15, 0.2) is 0 Å². The molecular formula is C22H46O4S. The van der Waals surface area contributed by atoms with Crippen LogP contribution in [0.2, 0.25) is 0 Å². The Labute approximate surface area is 169 Å². The first-order valence-electron chi connectivity index (χ1n) is 11.5. The first-order valence-corrected chi connectivity index (χ1v) is 13.0. The molecule has 0 bridgehead atoms. The number of aliphatic hydroxyl groups excluding tert-OH is 1. The average Bonchev–Trinajstić information content (AvgIpc) is 2.59. The van der Waals surface area contributed by atoms with E-state index < -0.39 is 15.4 Å². The van der Waals surface area contributed by atoms with Gasteiger partial charge < -0.3 is 5.11 Å². The van der Waals surface area contributed by atoms with Crippen LogP contribution >= 0.6 is 0 Å². The molecule has 0 heterocycles. The number of aliphatic hydroxyl groups is 1. The van der Waals surface area contributed by atoms with Gasteiger partial charge in [0.1, 0.15) is 0 Å². The third kappa shape index (κ3) is 19.0. The Morgan fingerprint density at radius 1 is 0.630 bits per heavy atom. The van der Waals surface area contributed by atoms with E-state index in [2.05, 4.69) is 6.92 Å². The summed E-state index contributed by atoms with van der Waals surface area (Å²) in [5, 5.41) is 8.65. The van der Waals surface area contributed by atoms with Crippen molar-refractivity contribution in [3.05, 3.63) is 0 Å². The average molecular weight is 407 g/mol. The van der Waals surface area contributed by atoms with E-state index in [1.807, 2.05) is 6.92 Å². The zero-order valence-electron chi connectivity index (χ0n) is 18.0. The summed E-state index contributed by atoms with van der Waals surface area (Å²) in [6.07, 6.45) is 19.2. The van der Waals surface area contributed by atoms with Crippen LogP contribution in [0.5, 0.6) is 0 Å². The van der Waals surface area contributed by atoms with Gasteiger partial charge in [0.2, 0.25) is 0 Å². The van der Waals surface area contributed by atoms with Gasteiger partial charge in [-0.3, -0.25) is 4.55 Å². The topological polar surface area (TPSA) is 74.6 Å². The second-order valence-electron chi connectivity index (χ2n) is 8.30. The van der Waals surface area contributed by atoms with Gasteiger partial charge in [0.05, 0.1) is 11.4 Å². The van der Waals surface area contributed by atoms with Crippen LogP contribution < -0.4 is 0 Å². The summed E-state index contributed by atoms with van der Waals surface area (Å²) in [6.45, 7) is 4.04. The van der Waals surface area contributed by atoms with E-state index in [-0.39, 0.29) is 6.10 Å². The van der Waals surface area contributed by atoms with Gasteiger partial charge >= 0.3 is 0 Å². The molecule has 5 heteroatoms. The van der Waals surface area contributed by atoms with E-state index in [4.69, 9.17) is 0 Å². The molecule has 27 heavy (non-hydrogen) atoms. The molecule has 0 spiro atoms. The molecule has 0 aromatic rings. The molecule has 2 unspecified atom stereocenters. The fourth-order valence-corrected chi connectivity index (χ4v) is 4.57. The smallest absolute Gasteiger partial charge is 0.267 e. The van der Waals surface area contributed by atoms with E-state index in [1.54, 1.807) is 0 Å². The molecule has 0 aromatic heterocycles. The minimum atomic E-state index is -3.90. The van der Waals surface area contributed by atoms with Crippen LogP contribution in [0.25, 0.3) is 0 Å². The Bertz CT molecular complexity index is 407. The van der Waals surface area contributed by atoms with Gasteiger partial charge in [-0.1, -0.05) is 103 Å². The predicted octanol–water partition coefficient (Wildman–Crippen LogP) is 6.67. The van der Waals surface area contributed by atoms with Gasteiger partial charge in [0.15, 0.2) is 0 Å². The highest BCUT2D eigenvalue weighted by atomic mass is 32.2. The summed E-state index contributed by atoms with van der Waals surface area (Å²) in [7, 11) is -3.90. The Morgan fingerprint density at radius 3 is 1.30 bits per heavy atom. The molecular weight excluding hydrogens is 360 g/mol. The normalized spacial score (nSPS) is 14.4. The summed E-state index contributed by atoms with van der Waals surface area (Å²) >= 11 is 0. The van der Waals surface area contributed by atoms with Gasteiger partial charge in [-0.2, -0.15) is 8.42 Å². The van der Waals surface area contributed by atoms with E-state index in [0.717, 1.165) is 44.9 Å². The molecule has 0 saturated carbocycles. The minimum Gasteiger partial charge on any atom is -0.393 e. The minimum absolute atomic E-state index is 0.169. The fourth-order valence-electron chi connectivity index (χ4n) is 3.64. The van der Waals surface area contributed by atoms with Gasteiger partial charge in [0.25, 0.3) is 10.1 Å². The molecule has 164 valence electrons. The molecule has 0 aliphatic rings. The second-order valence-corrected chi connectivity index (χ2v) is 10.00. The lowest BCUT2D eigenvalue weighted by Gasteiger charge is -2.13. The molecule has 0 rings (SSSR count). The first-order chi connectivity index (χ1) is 12.9. The molecule has 2 atom stereocenters. The fraction of sp³-hybridized carbons (Fsp3) is 1.00. The van der Waals surface area contributed by atoms with Crippen molar-refractivity contribution in [2.45, 2.75) is 141 Å². The summed E-state index contributed by atoms with van der Waals surface area (Å²) in [4.78, 5) is 0. The van der Waals surface area contributed by atoms with Crippen LogP contribution in [0.3, 0.4) is 0 Å². The molecule has 0 saturated heterocycles. The largest absolute Gasteiger partial charge is 0.393 e. The number of unbranched alkanes of at least 4 members (excludes halogenated alkanes) is 13. The van der Waals surface area contributed by atoms with E-state index in [1.165, 1.54) is 57.8 Å². The molecule has 0 aliphatic heterocycles. The van der Waals surface area contributed by atoms with E-state index in [0.29, 0.717) is 12.8 Å².